The van der Waals surface area contributed by atoms with Crippen molar-refractivity contribution in [3.63, 3.8) is 0 Å². The van der Waals surface area contributed by atoms with E-state index in [2.05, 4.69) is 42.1 Å². The predicted molar refractivity (Wildman–Crippen MR) is 126 cm³/mol. The van der Waals surface area contributed by atoms with Crippen LogP contribution in [0.1, 0.15) is 5.56 Å². The minimum absolute atomic E-state index is 0. The minimum atomic E-state index is 0. The molecule has 0 amide bonds. The molecule has 1 aromatic carbocycles. The van der Waals surface area contributed by atoms with E-state index in [-0.39, 0.29) is 24.0 Å². The summed E-state index contributed by atoms with van der Waals surface area (Å²) >= 11 is 0. The average Bonchev–Trinajstić information content (AvgIpc) is 3.11. The molecule has 9 nitrogen and oxygen atoms in total. The lowest BCUT2D eigenvalue weighted by atomic mass is 10.1. The summed E-state index contributed by atoms with van der Waals surface area (Å²) in [5, 5.41) is 15.0. The SMILES string of the molecule is CN=C(NCCNc1ncnc2c1cnn2C)NCCc1ccccc1OC.I. The number of hydrogen-bond acceptors (Lipinski definition) is 6. The maximum absolute atomic E-state index is 5.38. The molecule has 3 rings (SSSR count). The Balaban J connectivity index is 0.00000300. The van der Waals surface area contributed by atoms with Crippen molar-refractivity contribution in [3.05, 3.63) is 42.4 Å². The molecular formula is C19H27IN8O. The van der Waals surface area contributed by atoms with Gasteiger partial charge in [-0.15, -0.1) is 24.0 Å². The van der Waals surface area contributed by atoms with Gasteiger partial charge in [0.15, 0.2) is 11.6 Å². The Morgan fingerprint density at radius 1 is 1.14 bits per heavy atom. The van der Waals surface area contributed by atoms with Gasteiger partial charge in [0.2, 0.25) is 0 Å². The molecule has 3 N–H and O–H groups in total. The molecule has 0 radical (unpaired) electrons. The van der Waals surface area contributed by atoms with Crippen LogP contribution in [0.25, 0.3) is 11.0 Å². The summed E-state index contributed by atoms with van der Waals surface area (Å²) in [7, 11) is 5.31. The van der Waals surface area contributed by atoms with E-state index >= 15 is 0 Å². The van der Waals surface area contributed by atoms with Crippen LogP contribution < -0.4 is 20.7 Å². The highest BCUT2D eigenvalue weighted by molar-refractivity contribution is 14.0. The lowest BCUT2D eigenvalue weighted by Gasteiger charge is -2.13. The van der Waals surface area contributed by atoms with E-state index in [9.17, 15) is 0 Å². The van der Waals surface area contributed by atoms with E-state index in [4.69, 9.17) is 4.74 Å². The summed E-state index contributed by atoms with van der Waals surface area (Å²) in [5.74, 6) is 2.44. The third-order valence-electron chi connectivity index (χ3n) is 4.34. The summed E-state index contributed by atoms with van der Waals surface area (Å²) in [6.45, 7) is 2.14. The van der Waals surface area contributed by atoms with Gasteiger partial charge in [-0.3, -0.25) is 9.67 Å². The largest absolute Gasteiger partial charge is 0.496 e. The third kappa shape index (κ3) is 5.92. The molecule has 10 heteroatoms. The zero-order chi connectivity index (χ0) is 19.8. The molecule has 0 aliphatic heterocycles. The Hall–Kier alpha value is -2.63. The molecule has 29 heavy (non-hydrogen) atoms. The van der Waals surface area contributed by atoms with Gasteiger partial charge in [-0.1, -0.05) is 18.2 Å². The molecule has 2 aromatic heterocycles. The number of para-hydroxylation sites is 1. The number of aromatic nitrogens is 4. The standard InChI is InChI=1S/C19H26N8O.HI/c1-20-19(22-9-8-14-6-4-5-7-16(14)28-3)23-11-10-21-17-15-12-26-27(2)18(15)25-13-24-17;/h4-7,12-13H,8-11H2,1-3H3,(H2,20,22,23)(H,21,24,25);1H. The van der Waals surface area contributed by atoms with Crippen LogP contribution >= 0.6 is 24.0 Å². The number of anilines is 1. The number of benzene rings is 1. The predicted octanol–water partition coefficient (Wildman–Crippen LogP) is 1.81. The van der Waals surface area contributed by atoms with E-state index in [0.717, 1.165) is 41.5 Å². The van der Waals surface area contributed by atoms with Crippen molar-refractivity contribution in [3.8, 4) is 5.75 Å². The van der Waals surface area contributed by atoms with Crippen LogP contribution in [0, 0.1) is 0 Å². The van der Waals surface area contributed by atoms with Gasteiger partial charge in [-0.05, 0) is 18.1 Å². The number of ether oxygens (including phenoxy) is 1. The van der Waals surface area contributed by atoms with Crippen LogP contribution in [0.15, 0.2) is 41.8 Å². The van der Waals surface area contributed by atoms with Crippen molar-refractivity contribution in [1.82, 2.24) is 30.4 Å². The van der Waals surface area contributed by atoms with Gasteiger partial charge in [0, 0.05) is 33.7 Å². The maximum Gasteiger partial charge on any atom is 0.191 e. The summed E-state index contributed by atoms with van der Waals surface area (Å²) in [6.07, 6.45) is 4.16. The van der Waals surface area contributed by atoms with Crippen molar-refractivity contribution >= 4 is 46.8 Å². The molecule has 0 saturated carbocycles. The van der Waals surface area contributed by atoms with Crippen LogP contribution in [-0.4, -0.2) is 59.5 Å². The molecule has 3 aromatic rings. The fourth-order valence-corrected chi connectivity index (χ4v) is 2.91. The van der Waals surface area contributed by atoms with E-state index in [1.165, 1.54) is 11.9 Å². The van der Waals surface area contributed by atoms with Crippen molar-refractivity contribution < 1.29 is 4.74 Å². The summed E-state index contributed by atoms with van der Waals surface area (Å²) in [6, 6.07) is 8.03. The highest BCUT2D eigenvalue weighted by atomic mass is 127. The van der Waals surface area contributed by atoms with E-state index < -0.39 is 0 Å². The number of methoxy groups -OCH3 is 1. The maximum atomic E-state index is 5.38. The van der Waals surface area contributed by atoms with Crippen molar-refractivity contribution in [1.29, 1.82) is 0 Å². The van der Waals surface area contributed by atoms with Gasteiger partial charge in [0.05, 0.1) is 18.7 Å². The minimum Gasteiger partial charge on any atom is -0.496 e. The molecule has 0 atom stereocenters. The van der Waals surface area contributed by atoms with Gasteiger partial charge in [-0.2, -0.15) is 5.10 Å². The first-order valence-electron chi connectivity index (χ1n) is 9.16. The molecule has 156 valence electrons. The number of aryl methyl sites for hydroxylation is 1. The number of aliphatic imine (C=N–C) groups is 1. The third-order valence-corrected chi connectivity index (χ3v) is 4.34. The van der Waals surface area contributed by atoms with Gasteiger partial charge in [0.25, 0.3) is 0 Å². The molecule has 0 aliphatic carbocycles. The number of halogens is 1. The Morgan fingerprint density at radius 2 is 1.93 bits per heavy atom. The van der Waals surface area contributed by atoms with E-state index in [1.54, 1.807) is 25.0 Å². The zero-order valence-electron chi connectivity index (χ0n) is 16.8. The number of rotatable bonds is 8. The van der Waals surface area contributed by atoms with Crippen LogP contribution in [0.3, 0.4) is 0 Å². The van der Waals surface area contributed by atoms with Gasteiger partial charge < -0.3 is 20.7 Å². The summed E-state index contributed by atoms with van der Waals surface area (Å²) < 4.78 is 7.11. The van der Waals surface area contributed by atoms with E-state index in [0.29, 0.717) is 13.1 Å². The van der Waals surface area contributed by atoms with Gasteiger partial charge in [-0.25, -0.2) is 9.97 Å². The Morgan fingerprint density at radius 3 is 2.72 bits per heavy atom. The Bertz CT molecular complexity index is 943. The van der Waals surface area contributed by atoms with Crippen molar-refractivity contribution in [2.24, 2.45) is 12.0 Å². The first kappa shape index (κ1) is 22.7. The molecule has 0 bridgehead atoms. The number of guanidine groups is 1. The molecule has 0 aliphatic rings. The fraction of sp³-hybridized carbons (Fsp3) is 0.368. The monoisotopic (exact) mass is 510 g/mol. The van der Waals surface area contributed by atoms with Crippen molar-refractivity contribution in [2.75, 3.05) is 39.1 Å². The zero-order valence-corrected chi connectivity index (χ0v) is 19.2. The first-order chi connectivity index (χ1) is 13.7. The lowest BCUT2D eigenvalue weighted by Crippen LogP contribution is -2.40. The molecule has 2 heterocycles. The van der Waals surface area contributed by atoms with Crippen LogP contribution in [-0.2, 0) is 13.5 Å². The molecule has 0 unspecified atom stereocenters. The summed E-state index contributed by atoms with van der Waals surface area (Å²) in [4.78, 5) is 12.8. The summed E-state index contributed by atoms with van der Waals surface area (Å²) in [5.41, 5.74) is 1.97. The highest BCUT2D eigenvalue weighted by Gasteiger charge is 2.07. The molecule has 0 spiro atoms. The Labute approximate surface area is 187 Å². The quantitative estimate of drug-likeness (QED) is 0.184. The average molecular weight is 510 g/mol. The highest BCUT2D eigenvalue weighted by Crippen LogP contribution is 2.18. The topological polar surface area (TPSA) is 101 Å². The van der Waals surface area contributed by atoms with Gasteiger partial charge >= 0.3 is 0 Å². The fourth-order valence-electron chi connectivity index (χ4n) is 2.91. The second-order valence-corrected chi connectivity index (χ2v) is 6.14. The molecule has 0 fully saturated rings. The Kier molecular flexibility index (Phi) is 8.90. The number of nitrogens with one attached hydrogen (secondary N) is 3. The smallest absolute Gasteiger partial charge is 0.191 e. The van der Waals surface area contributed by atoms with Gasteiger partial charge in [0.1, 0.15) is 17.9 Å². The van der Waals surface area contributed by atoms with Crippen LogP contribution in [0.2, 0.25) is 0 Å². The molecule has 0 saturated heterocycles. The number of fused-ring (bicyclic) bond motifs is 1. The normalized spacial score (nSPS) is 11.1. The van der Waals surface area contributed by atoms with Crippen molar-refractivity contribution in [2.45, 2.75) is 6.42 Å². The lowest BCUT2D eigenvalue weighted by molar-refractivity contribution is 0.409. The first-order valence-corrected chi connectivity index (χ1v) is 9.16. The van der Waals surface area contributed by atoms with Crippen LogP contribution in [0.5, 0.6) is 5.75 Å². The number of nitrogens with zero attached hydrogens (tertiary/aromatic N) is 5. The van der Waals surface area contributed by atoms with E-state index in [1.807, 2.05) is 25.2 Å². The van der Waals surface area contributed by atoms with Crippen LogP contribution in [0.4, 0.5) is 5.82 Å². The number of hydrogen-bond donors (Lipinski definition) is 3. The second-order valence-electron chi connectivity index (χ2n) is 6.14. The second kappa shape index (κ2) is 11.4. The molecular weight excluding hydrogens is 483 g/mol.